The Hall–Kier alpha value is -5.96. The summed E-state index contributed by atoms with van der Waals surface area (Å²) in [6.07, 6.45) is 23.3. The summed E-state index contributed by atoms with van der Waals surface area (Å²) in [6, 6.07) is 33.1. The number of hydrogen-bond acceptors (Lipinski definition) is 4. The van der Waals surface area contributed by atoms with Crippen molar-refractivity contribution in [1.82, 2.24) is 19.6 Å². The van der Waals surface area contributed by atoms with Gasteiger partial charge in [0, 0.05) is 0 Å². The number of aliphatic hydroxyl groups excluding tert-OH is 2. The molecule has 0 aliphatic heterocycles. The second-order valence-corrected chi connectivity index (χ2v) is 17.9. The number of allylic oxidation sites excluding steroid dienone is 2. The van der Waals surface area contributed by atoms with Crippen molar-refractivity contribution in [3.63, 3.8) is 0 Å². The van der Waals surface area contributed by atoms with Gasteiger partial charge in [0.1, 0.15) is 11.6 Å². The molecule has 6 aromatic rings. The minimum atomic E-state index is -0.498. The van der Waals surface area contributed by atoms with Crippen LogP contribution in [0.25, 0.3) is 35.7 Å². The summed E-state index contributed by atoms with van der Waals surface area (Å²) < 4.78 is 30.5. The van der Waals surface area contributed by atoms with Crippen molar-refractivity contribution in [2.75, 3.05) is 0 Å². The molecule has 4 aliphatic rings. The number of fused-ring (bicyclic) bond motifs is 4. The second-order valence-electron chi connectivity index (χ2n) is 17.9. The molecule has 0 saturated heterocycles. The van der Waals surface area contributed by atoms with Gasteiger partial charge in [-0.1, -0.05) is 110 Å². The molecule has 2 saturated carbocycles. The molecule has 10 rings (SSSR count). The summed E-state index contributed by atoms with van der Waals surface area (Å²) in [5, 5.41) is 31.5. The quantitative estimate of drug-likeness (QED) is 0.160. The van der Waals surface area contributed by atoms with Crippen LogP contribution in [0.2, 0.25) is 0 Å². The van der Waals surface area contributed by atoms with Crippen molar-refractivity contribution in [1.29, 1.82) is 0 Å². The molecule has 6 atom stereocenters. The van der Waals surface area contributed by atoms with E-state index >= 15 is 0 Å². The van der Waals surface area contributed by atoms with E-state index in [4.69, 9.17) is 0 Å². The molecule has 0 amide bonds. The van der Waals surface area contributed by atoms with Gasteiger partial charge in [-0.25, -0.2) is 18.1 Å². The highest BCUT2D eigenvalue weighted by atomic mass is 19.1. The average Bonchev–Trinajstić information content (AvgIpc) is 3.89. The van der Waals surface area contributed by atoms with Gasteiger partial charge in [-0.05, 0) is 157 Å². The van der Waals surface area contributed by atoms with E-state index in [2.05, 4.69) is 36.2 Å². The van der Waals surface area contributed by atoms with Crippen LogP contribution in [0, 0.1) is 34.3 Å². The molecule has 0 radical (unpaired) electrons. The maximum absolute atomic E-state index is 13.4. The van der Waals surface area contributed by atoms with Gasteiger partial charge in [0.05, 0.1) is 47.4 Å². The molecule has 2 N–H and O–H groups in total. The van der Waals surface area contributed by atoms with Crippen LogP contribution in [0.5, 0.6) is 0 Å². The molecule has 2 fully saturated rings. The van der Waals surface area contributed by atoms with Gasteiger partial charge in [0.15, 0.2) is 0 Å². The molecule has 62 heavy (non-hydrogen) atoms. The first kappa shape index (κ1) is 41.4. The molecule has 316 valence electrons. The Balaban J connectivity index is 0.000000158. The minimum absolute atomic E-state index is 0.0949. The largest absolute Gasteiger partial charge is 0.389 e. The van der Waals surface area contributed by atoms with Crippen molar-refractivity contribution in [2.45, 2.75) is 77.4 Å². The SMILES string of the molecule is C[C@]12Cc3cnn(-c4ccc(F)cc4)c3C=C1CCC[C@@H]2[C@@H](O)/C=C/c1ccccc1.C[C@]12Cc3cnn(-c4ccc(F)cc4)c3C=C1CCC[C@@H]2[C@@H](O)/C=C\c1ccccc1. The Bertz CT molecular complexity index is 2440. The van der Waals surface area contributed by atoms with Gasteiger partial charge < -0.3 is 10.2 Å². The number of aliphatic hydroxyl groups is 2. The standard InChI is InChI=1S/2C27H27FN2O/c2*1-27-17-20-18-29-30(23-13-11-22(28)12-14-23)25(20)16-21(27)8-5-9-24(27)26(31)15-10-19-6-3-2-4-7-19/h2*2-4,6-7,10-16,18,24,26,31H,5,8-9,17H2,1H3/b15-10+;15-10-/t2*24-,26+,27+/m11/s1. The second kappa shape index (κ2) is 17.4. The Labute approximate surface area is 363 Å². The lowest BCUT2D eigenvalue weighted by atomic mass is 9.58. The number of nitrogens with zero attached hydrogens (tertiary/aromatic N) is 4. The molecule has 6 nitrogen and oxygen atoms in total. The van der Waals surface area contributed by atoms with Gasteiger partial charge in [0.2, 0.25) is 0 Å². The first-order valence-corrected chi connectivity index (χ1v) is 22.0. The van der Waals surface area contributed by atoms with Crippen molar-refractivity contribution in [3.05, 3.63) is 190 Å². The van der Waals surface area contributed by atoms with Gasteiger partial charge in [-0.2, -0.15) is 10.2 Å². The third kappa shape index (κ3) is 8.21. The summed E-state index contributed by atoms with van der Waals surface area (Å²) in [5.74, 6) is -0.170. The van der Waals surface area contributed by atoms with Crippen LogP contribution in [0.3, 0.4) is 0 Å². The van der Waals surface area contributed by atoms with Crippen LogP contribution in [0.15, 0.2) is 145 Å². The van der Waals surface area contributed by atoms with Crippen LogP contribution in [-0.2, 0) is 12.8 Å². The number of rotatable bonds is 8. The zero-order chi connectivity index (χ0) is 42.8. The van der Waals surface area contributed by atoms with E-state index < -0.39 is 12.2 Å². The van der Waals surface area contributed by atoms with Crippen molar-refractivity contribution in [3.8, 4) is 11.4 Å². The summed E-state index contributed by atoms with van der Waals surface area (Å²) in [5.41, 5.74) is 11.0. The normalized spacial score (nSPS) is 23.8. The maximum Gasteiger partial charge on any atom is 0.123 e. The highest BCUT2D eigenvalue weighted by Gasteiger charge is 2.47. The topological polar surface area (TPSA) is 76.1 Å². The Morgan fingerprint density at radius 2 is 0.968 bits per heavy atom. The zero-order valence-corrected chi connectivity index (χ0v) is 35.4. The summed E-state index contributed by atoms with van der Waals surface area (Å²) in [6.45, 7) is 4.58. The molecule has 2 aromatic heterocycles. The fraction of sp³-hybridized carbons (Fsp3) is 0.296. The van der Waals surface area contributed by atoms with Crippen LogP contribution >= 0.6 is 0 Å². The first-order chi connectivity index (χ1) is 30.1. The lowest BCUT2D eigenvalue weighted by molar-refractivity contribution is 0.0533. The van der Waals surface area contributed by atoms with Crippen molar-refractivity contribution in [2.24, 2.45) is 22.7 Å². The highest BCUT2D eigenvalue weighted by Crippen LogP contribution is 2.54. The van der Waals surface area contributed by atoms with E-state index in [9.17, 15) is 19.0 Å². The monoisotopic (exact) mass is 828 g/mol. The fourth-order valence-corrected chi connectivity index (χ4v) is 10.6. The van der Waals surface area contributed by atoms with E-state index in [1.165, 1.54) is 46.5 Å². The van der Waals surface area contributed by atoms with E-state index in [0.29, 0.717) is 0 Å². The predicted molar refractivity (Wildman–Crippen MR) is 244 cm³/mol. The predicted octanol–water partition coefficient (Wildman–Crippen LogP) is 11.7. The van der Waals surface area contributed by atoms with E-state index in [1.54, 1.807) is 24.3 Å². The van der Waals surface area contributed by atoms with Gasteiger partial charge in [-0.3, -0.25) is 0 Å². The van der Waals surface area contributed by atoms with Crippen LogP contribution in [0.4, 0.5) is 8.78 Å². The molecule has 2 heterocycles. The summed E-state index contributed by atoms with van der Waals surface area (Å²) in [4.78, 5) is 0. The molecule has 4 aliphatic carbocycles. The average molecular weight is 829 g/mol. The van der Waals surface area contributed by atoms with E-state index in [0.717, 1.165) is 85.3 Å². The summed E-state index contributed by atoms with van der Waals surface area (Å²) >= 11 is 0. The Morgan fingerprint density at radius 3 is 1.35 bits per heavy atom. The minimum Gasteiger partial charge on any atom is -0.389 e. The molecule has 8 heteroatoms. The lowest BCUT2D eigenvalue weighted by Crippen LogP contribution is -2.42. The highest BCUT2D eigenvalue weighted by molar-refractivity contribution is 5.63. The zero-order valence-electron chi connectivity index (χ0n) is 35.4. The lowest BCUT2D eigenvalue weighted by Gasteiger charge is -2.47. The van der Waals surface area contributed by atoms with Gasteiger partial charge >= 0.3 is 0 Å². The third-order valence-electron chi connectivity index (χ3n) is 14.1. The molecular formula is C54H54F2N4O2. The molecule has 0 bridgehead atoms. The van der Waals surface area contributed by atoms with Crippen molar-refractivity contribution < 1.29 is 19.0 Å². The number of hydrogen-bond donors (Lipinski definition) is 2. The van der Waals surface area contributed by atoms with E-state index in [1.807, 2.05) is 107 Å². The van der Waals surface area contributed by atoms with E-state index in [-0.39, 0.29) is 34.3 Å². The van der Waals surface area contributed by atoms with Crippen LogP contribution in [0.1, 0.15) is 86.0 Å². The molecule has 0 spiro atoms. The van der Waals surface area contributed by atoms with Crippen LogP contribution in [-0.4, -0.2) is 42.0 Å². The van der Waals surface area contributed by atoms with Crippen molar-refractivity contribution >= 4 is 24.3 Å². The Kier molecular flexibility index (Phi) is 11.6. The fourth-order valence-electron chi connectivity index (χ4n) is 10.6. The number of aromatic nitrogens is 4. The molecular weight excluding hydrogens is 775 g/mol. The van der Waals surface area contributed by atoms with Gasteiger partial charge in [-0.15, -0.1) is 0 Å². The third-order valence-corrected chi connectivity index (χ3v) is 14.1. The van der Waals surface area contributed by atoms with Crippen LogP contribution < -0.4 is 0 Å². The first-order valence-electron chi connectivity index (χ1n) is 22.0. The number of benzene rings is 4. The molecule has 4 aromatic carbocycles. The Morgan fingerprint density at radius 1 is 0.581 bits per heavy atom. The maximum atomic E-state index is 13.4. The smallest absolute Gasteiger partial charge is 0.123 e. The number of halogens is 2. The van der Waals surface area contributed by atoms with Gasteiger partial charge in [0.25, 0.3) is 0 Å². The molecule has 0 unspecified atom stereocenters. The summed E-state index contributed by atoms with van der Waals surface area (Å²) in [7, 11) is 0.